The summed E-state index contributed by atoms with van der Waals surface area (Å²) < 4.78 is 4.61. The Morgan fingerprint density at radius 2 is 1.69 bits per heavy atom. The fourth-order valence-electron chi connectivity index (χ4n) is 0.448. The highest BCUT2D eigenvalue weighted by atomic mass is 16.5. The average Bonchev–Trinajstić information content (AvgIpc) is 1.98. The minimum absolute atomic E-state index is 0.0262. The van der Waals surface area contributed by atoms with Crippen LogP contribution >= 0.6 is 0 Å². The van der Waals surface area contributed by atoms with Crippen LogP contribution in [0.1, 0.15) is 0 Å². The molecule has 0 saturated carbocycles. The number of hydrogen-bond donors (Lipinski definition) is 2. The topological polar surface area (TPSA) is 104 Å². The zero-order chi connectivity index (χ0) is 10.3. The number of hydrogen-bond acceptors (Lipinski definition) is 5. The van der Waals surface area contributed by atoms with Crippen LogP contribution in [-0.2, 0) is 9.45 Å². The summed E-state index contributed by atoms with van der Waals surface area (Å²) in [5.74, 6) is -2.74. The van der Waals surface area contributed by atoms with E-state index in [-0.39, 0.29) is 6.47 Å². The van der Waals surface area contributed by atoms with E-state index in [4.69, 9.17) is 10.2 Å². The van der Waals surface area contributed by atoms with Gasteiger partial charge in [-0.3, -0.25) is 14.4 Å². The van der Waals surface area contributed by atoms with Gasteiger partial charge in [0.25, 0.3) is 18.2 Å². The molecule has 0 bridgehead atoms. The Morgan fingerprint density at radius 1 is 1.23 bits per heavy atom. The molecule has 0 aliphatic heterocycles. The average molecular weight is 181 g/mol. The molecule has 10 heteroatoms. The number of carbonyl (C=O) groups excluding carboxylic acids is 1. The lowest BCUT2D eigenvalue weighted by Gasteiger charge is -2.11. The van der Waals surface area contributed by atoms with Crippen LogP contribution in [0.15, 0.2) is 0 Å². The van der Waals surface area contributed by atoms with Gasteiger partial charge in [-0.2, -0.15) is 0 Å². The first-order valence-corrected chi connectivity index (χ1v) is 2.91. The molecule has 0 aliphatic rings. The Kier molecular flexibility index (Phi) is 5.45. The second kappa shape index (κ2) is 6.12. The van der Waals surface area contributed by atoms with Gasteiger partial charge in [0.2, 0.25) is 0 Å². The molecule has 13 heavy (non-hydrogen) atoms. The smallest absolute Gasteiger partial charge is 0.458 e. The van der Waals surface area contributed by atoms with Crippen LogP contribution in [0.2, 0.25) is 0 Å². The third-order valence-electron chi connectivity index (χ3n) is 0.757. The molecule has 0 aromatic rings. The van der Waals surface area contributed by atoms with Crippen LogP contribution in [0.5, 0.6) is 0 Å². The fourth-order valence-corrected chi connectivity index (χ4v) is 0.448. The van der Waals surface area contributed by atoms with E-state index in [0.29, 0.717) is 27.1 Å². The summed E-state index contributed by atoms with van der Waals surface area (Å²) in [6.07, 6.45) is 0. The first-order valence-electron chi connectivity index (χ1n) is 2.91. The van der Waals surface area contributed by atoms with E-state index < -0.39 is 11.7 Å². The molecule has 65 valence electrons. The van der Waals surface area contributed by atoms with Crippen LogP contribution in [0.25, 0.3) is 0 Å². The Labute approximate surface area is 75.5 Å². The van der Waals surface area contributed by atoms with Crippen molar-refractivity contribution in [3.05, 3.63) is 0 Å². The van der Waals surface area contributed by atoms with Crippen molar-refractivity contribution in [3.63, 3.8) is 0 Å². The predicted octanol–water partition coefficient (Wildman–Crippen LogP) is -1.41. The van der Waals surface area contributed by atoms with E-state index in [1.807, 2.05) is 0 Å². The van der Waals surface area contributed by atoms with Crippen molar-refractivity contribution in [2.45, 2.75) is 0 Å². The molecule has 3 radical (unpaired) electrons. The maximum atomic E-state index is 10.1. The quantitative estimate of drug-likeness (QED) is 0.367. The molecule has 0 aliphatic carbocycles. The van der Waals surface area contributed by atoms with Crippen LogP contribution in [0, 0.1) is 0 Å². The van der Waals surface area contributed by atoms with Crippen LogP contribution in [0.3, 0.4) is 0 Å². The largest absolute Gasteiger partial charge is 0.525 e. The van der Waals surface area contributed by atoms with Gasteiger partial charge >= 0.3 is 22.4 Å². The van der Waals surface area contributed by atoms with E-state index in [1.165, 1.54) is 0 Å². The molecule has 0 atom stereocenters. The van der Waals surface area contributed by atoms with Gasteiger partial charge in [-0.25, -0.2) is 0 Å². The van der Waals surface area contributed by atoms with Crippen LogP contribution < -0.4 is 0 Å². The van der Waals surface area contributed by atoms with Gasteiger partial charge in [-0.15, -0.1) is 0 Å². The predicted molar refractivity (Wildman–Crippen MR) is 42.3 cm³/mol. The van der Waals surface area contributed by atoms with Crippen molar-refractivity contribution >= 4 is 40.7 Å². The molecule has 0 saturated heterocycles. The van der Waals surface area contributed by atoms with Crippen LogP contribution in [0.4, 0.5) is 9.59 Å². The molecule has 0 amide bonds. The maximum absolute atomic E-state index is 10.1. The first kappa shape index (κ1) is 11.6. The van der Waals surface area contributed by atoms with E-state index in [9.17, 15) is 14.4 Å². The number of carbonyl (C=O) groups is 3. The molecule has 0 aromatic carbocycles. The molecular weight excluding hydrogens is 178 g/mol. The van der Waals surface area contributed by atoms with E-state index in [0.717, 1.165) is 0 Å². The van der Waals surface area contributed by atoms with Crippen molar-refractivity contribution in [3.8, 4) is 0 Å². The minimum Gasteiger partial charge on any atom is -0.525 e. The Morgan fingerprint density at radius 3 is 2.00 bits per heavy atom. The SMILES string of the molecule is O=CO[B]N([B]C(=O)O)[B]C(=O)O. The molecule has 0 unspecified atom stereocenters. The van der Waals surface area contributed by atoms with E-state index in [2.05, 4.69) is 4.65 Å². The Hall–Kier alpha value is -1.44. The second-order valence-corrected chi connectivity index (χ2v) is 1.72. The molecule has 7 nitrogen and oxygen atoms in total. The number of carboxylic acid groups (broad SMARTS) is 2. The van der Waals surface area contributed by atoms with Gasteiger partial charge in [0.1, 0.15) is 0 Å². The summed E-state index contributed by atoms with van der Waals surface area (Å²) in [4.78, 5) is 29.8. The van der Waals surface area contributed by atoms with E-state index in [1.54, 1.807) is 0 Å². The molecule has 2 N–H and O–H groups in total. The highest BCUT2D eigenvalue weighted by Gasteiger charge is 2.20. The zero-order valence-corrected chi connectivity index (χ0v) is 6.28. The summed E-state index contributed by atoms with van der Waals surface area (Å²) in [6.45, 7) is 0.0262. The standard InChI is InChI=1S/C3H3B3NO6/c8-1-13-6-7(4-2(9)10)5-3(11)12/h1H,(H,9,10)(H,11,12). The second-order valence-electron chi connectivity index (χ2n) is 1.72. The summed E-state index contributed by atoms with van der Waals surface area (Å²) >= 11 is 0. The van der Waals surface area contributed by atoms with Gasteiger partial charge in [0.15, 0.2) is 0 Å². The monoisotopic (exact) mass is 182 g/mol. The van der Waals surface area contributed by atoms with Crippen molar-refractivity contribution in [2.75, 3.05) is 0 Å². The lowest BCUT2D eigenvalue weighted by atomic mass is 9.71. The lowest BCUT2D eigenvalue weighted by molar-refractivity contribution is -0.120. The number of nitrogens with zero attached hydrogens (tertiary/aromatic N) is 1. The molecular formula is C3H3B3NO6. The third-order valence-corrected chi connectivity index (χ3v) is 0.757. The van der Waals surface area contributed by atoms with Gasteiger partial charge in [0.05, 0.1) is 0 Å². The molecule has 0 aromatic heterocycles. The van der Waals surface area contributed by atoms with Crippen molar-refractivity contribution in [1.29, 1.82) is 0 Å². The third kappa shape index (κ3) is 6.94. The summed E-state index contributed by atoms with van der Waals surface area (Å²) in [5.41, 5.74) is 0. The first-order chi connectivity index (χ1) is 6.06. The van der Waals surface area contributed by atoms with Gasteiger partial charge < -0.3 is 19.5 Å². The zero-order valence-electron chi connectivity index (χ0n) is 6.28. The van der Waals surface area contributed by atoms with Crippen molar-refractivity contribution in [1.82, 2.24) is 4.63 Å². The van der Waals surface area contributed by atoms with E-state index >= 15 is 0 Å². The molecule has 0 fully saturated rings. The lowest BCUT2D eigenvalue weighted by Crippen LogP contribution is -2.43. The highest BCUT2D eigenvalue weighted by Crippen LogP contribution is 1.82. The summed E-state index contributed by atoms with van der Waals surface area (Å²) in [7, 11) is 1.66. The fraction of sp³-hybridized carbons (Fsp3) is 0. The minimum atomic E-state index is -1.37. The Bertz CT molecular complexity index is 193. The molecule has 0 heterocycles. The Balaban J connectivity index is 3.93. The summed E-state index contributed by atoms with van der Waals surface area (Å²) in [5, 5.41) is 16.4. The maximum Gasteiger partial charge on any atom is 0.458 e. The normalized spacial score (nSPS) is 8.69. The van der Waals surface area contributed by atoms with Gasteiger partial charge in [-0.05, 0) is 0 Å². The van der Waals surface area contributed by atoms with Crippen molar-refractivity contribution < 1.29 is 29.3 Å². The van der Waals surface area contributed by atoms with Gasteiger partial charge in [-0.1, -0.05) is 0 Å². The molecule has 0 rings (SSSR count). The number of rotatable bonds is 7. The van der Waals surface area contributed by atoms with Crippen molar-refractivity contribution in [2.24, 2.45) is 0 Å². The highest BCUT2D eigenvalue weighted by molar-refractivity contribution is 6.88. The summed E-state index contributed by atoms with van der Waals surface area (Å²) in [6, 6.07) is 0. The van der Waals surface area contributed by atoms with Crippen LogP contribution in [-0.4, -0.2) is 55.5 Å². The van der Waals surface area contributed by atoms with Gasteiger partial charge in [0, 0.05) is 0 Å². The molecule has 0 spiro atoms.